The predicted octanol–water partition coefficient (Wildman–Crippen LogP) is 4.87. The number of halogens is 2. The molecular weight excluding hydrogens is 385 g/mol. The standard InChI is InChI=1S/C21H17ClFNO4/c1-3-27-20(25)18-12(2)13-7-4-5-10-16(13)24-17(18)11-28-21(26)19-14(22)8-6-9-15(19)23/h4-10H,3,11H2,1-2H3. The molecule has 2 aromatic carbocycles. The average molecular weight is 402 g/mol. The Morgan fingerprint density at radius 2 is 1.75 bits per heavy atom. The zero-order valence-electron chi connectivity index (χ0n) is 15.3. The van der Waals surface area contributed by atoms with Gasteiger partial charge in [0, 0.05) is 5.39 Å². The van der Waals surface area contributed by atoms with Crippen molar-refractivity contribution in [3.63, 3.8) is 0 Å². The maximum Gasteiger partial charge on any atom is 0.343 e. The number of carbonyl (C=O) groups excluding carboxylic acids is 2. The highest BCUT2D eigenvalue weighted by Gasteiger charge is 2.23. The van der Waals surface area contributed by atoms with E-state index in [1.165, 1.54) is 12.1 Å². The van der Waals surface area contributed by atoms with E-state index < -0.39 is 17.8 Å². The van der Waals surface area contributed by atoms with Gasteiger partial charge < -0.3 is 9.47 Å². The Bertz CT molecular complexity index is 1050. The summed E-state index contributed by atoms with van der Waals surface area (Å²) >= 11 is 5.90. The maximum atomic E-state index is 13.9. The van der Waals surface area contributed by atoms with E-state index in [1.54, 1.807) is 19.9 Å². The Labute approximate surface area is 166 Å². The molecule has 28 heavy (non-hydrogen) atoms. The molecule has 0 bridgehead atoms. The quantitative estimate of drug-likeness (QED) is 0.571. The molecule has 0 aliphatic heterocycles. The topological polar surface area (TPSA) is 65.5 Å². The molecule has 7 heteroatoms. The Morgan fingerprint density at radius 3 is 2.46 bits per heavy atom. The van der Waals surface area contributed by atoms with Crippen molar-refractivity contribution in [1.82, 2.24) is 4.98 Å². The highest BCUT2D eigenvalue weighted by atomic mass is 35.5. The van der Waals surface area contributed by atoms with Crippen molar-refractivity contribution >= 4 is 34.4 Å². The average Bonchev–Trinajstić information content (AvgIpc) is 2.66. The van der Waals surface area contributed by atoms with Crippen molar-refractivity contribution in [2.24, 2.45) is 0 Å². The van der Waals surface area contributed by atoms with Crippen LogP contribution in [-0.4, -0.2) is 23.5 Å². The number of hydrogen-bond donors (Lipinski definition) is 0. The van der Waals surface area contributed by atoms with Gasteiger partial charge in [0.05, 0.1) is 28.4 Å². The fraction of sp³-hybridized carbons (Fsp3) is 0.190. The zero-order valence-corrected chi connectivity index (χ0v) is 16.0. The van der Waals surface area contributed by atoms with Crippen molar-refractivity contribution in [2.75, 3.05) is 6.61 Å². The Balaban J connectivity index is 1.99. The molecule has 0 aliphatic carbocycles. The van der Waals surface area contributed by atoms with Crippen molar-refractivity contribution in [1.29, 1.82) is 0 Å². The Hall–Kier alpha value is -2.99. The van der Waals surface area contributed by atoms with Crippen LogP contribution in [0.5, 0.6) is 0 Å². The molecule has 0 N–H and O–H groups in total. The Morgan fingerprint density at radius 1 is 1.04 bits per heavy atom. The van der Waals surface area contributed by atoms with Gasteiger partial charge in [-0.25, -0.2) is 19.0 Å². The number of ether oxygens (including phenoxy) is 2. The van der Waals surface area contributed by atoms with Gasteiger partial charge in [-0.3, -0.25) is 0 Å². The minimum Gasteiger partial charge on any atom is -0.462 e. The van der Waals surface area contributed by atoms with Gasteiger partial charge in [0.2, 0.25) is 0 Å². The van der Waals surface area contributed by atoms with Crippen LogP contribution in [-0.2, 0) is 16.1 Å². The molecule has 0 saturated heterocycles. The van der Waals surface area contributed by atoms with Crippen LogP contribution in [0.1, 0.15) is 38.9 Å². The van der Waals surface area contributed by atoms with E-state index in [4.69, 9.17) is 21.1 Å². The molecular formula is C21H17ClFNO4. The van der Waals surface area contributed by atoms with Crippen molar-refractivity contribution in [3.8, 4) is 0 Å². The molecule has 0 unspecified atom stereocenters. The van der Waals surface area contributed by atoms with Crippen LogP contribution in [0.3, 0.4) is 0 Å². The fourth-order valence-electron chi connectivity index (χ4n) is 2.92. The second-order valence-electron chi connectivity index (χ2n) is 5.97. The lowest BCUT2D eigenvalue weighted by atomic mass is 10.0. The SMILES string of the molecule is CCOC(=O)c1c(COC(=O)c2c(F)cccc2Cl)nc2ccccc2c1C. The van der Waals surface area contributed by atoms with Gasteiger partial charge in [0.15, 0.2) is 0 Å². The van der Waals surface area contributed by atoms with Crippen LogP contribution in [0, 0.1) is 12.7 Å². The number of para-hydroxylation sites is 1. The largest absolute Gasteiger partial charge is 0.462 e. The minimum absolute atomic E-state index is 0.0572. The molecule has 5 nitrogen and oxygen atoms in total. The lowest BCUT2D eigenvalue weighted by Gasteiger charge is -2.14. The first-order valence-electron chi connectivity index (χ1n) is 8.60. The van der Waals surface area contributed by atoms with Gasteiger partial charge in [-0.05, 0) is 37.6 Å². The third kappa shape index (κ3) is 3.82. The number of fused-ring (bicyclic) bond motifs is 1. The summed E-state index contributed by atoms with van der Waals surface area (Å²) in [7, 11) is 0. The third-order valence-electron chi connectivity index (χ3n) is 4.21. The molecule has 0 saturated carbocycles. The molecule has 0 aliphatic rings. The third-order valence-corrected chi connectivity index (χ3v) is 4.53. The summed E-state index contributed by atoms with van der Waals surface area (Å²) in [5.74, 6) is -2.29. The number of hydrogen-bond acceptors (Lipinski definition) is 5. The lowest BCUT2D eigenvalue weighted by molar-refractivity contribution is 0.0440. The van der Waals surface area contributed by atoms with Crippen LogP contribution in [0.25, 0.3) is 10.9 Å². The number of benzene rings is 2. The highest BCUT2D eigenvalue weighted by molar-refractivity contribution is 6.33. The summed E-state index contributed by atoms with van der Waals surface area (Å²) < 4.78 is 24.3. The normalized spacial score (nSPS) is 10.7. The van der Waals surface area contributed by atoms with Gasteiger partial charge in [0.25, 0.3) is 0 Å². The minimum atomic E-state index is -0.939. The summed E-state index contributed by atoms with van der Waals surface area (Å²) in [5.41, 5.74) is 1.41. The van der Waals surface area contributed by atoms with Crippen molar-refractivity contribution in [2.45, 2.75) is 20.5 Å². The molecule has 3 rings (SSSR count). The van der Waals surface area contributed by atoms with Gasteiger partial charge >= 0.3 is 11.9 Å². The molecule has 3 aromatic rings. The molecule has 0 atom stereocenters. The number of rotatable bonds is 5. The second-order valence-corrected chi connectivity index (χ2v) is 6.38. The summed E-state index contributed by atoms with van der Waals surface area (Å²) in [6, 6.07) is 11.2. The number of esters is 2. The first-order chi connectivity index (χ1) is 13.4. The maximum absolute atomic E-state index is 13.9. The first kappa shape index (κ1) is 19.8. The van der Waals surface area contributed by atoms with Crippen molar-refractivity contribution in [3.05, 3.63) is 75.7 Å². The predicted molar refractivity (Wildman–Crippen MR) is 103 cm³/mol. The summed E-state index contributed by atoms with van der Waals surface area (Å²) in [5, 5.41) is 0.732. The zero-order chi connectivity index (χ0) is 20.3. The molecule has 1 heterocycles. The summed E-state index contributed by atoms with van der Waals surface area (Å²) in [4.78, 5) is 29.2. The van der Waals surface area contributed by atoms with E-state index in [9.17, 15) is 14.0 Å². The van der Waals surface area contributed by atoms with E-state index in [1.807, 2.05) is 18.2 Å². The highest BCUT2D eigenvalue weighted by Crippen LogP contribution is 2.25. The number of pyridine rings is 1. The molecule has 0 radical (unpaired) electrons. The van der Waals surface area contributed by atoms with Gasteiger partial charge in [0.1, 0.15) is 18.0 Å². The molecule has 0 spiro atoms. The van der Waals surface area contributed by atoms with E-state index in [2.05, 4.69) is 4.98 Å². The van der Waals surface area contributed by atoms with Gasteiger partial charge in [-0.2, -0.15) is 0 Å². The van der Waals surface area contributed by atoms with Gasteiger partial charge in [-0.15, -0.1) is 0 Å². The van der Waals surface area contributed by atoms with Crippen LogP contribution in [0.15, 0.2) is 42.5 Å². The summed E-state index contributed by atoms with van der Waals surface area (Å²) in [6.07, 6.45) is 0. The van der Waals surface area contributed by atoms with Crippen LogP contribution >= 0.6 is 11.6 Å². The van der Waals surface area contributed by atoms with Crippen LogP contribution < -0.4 is 0 Å². The van der Waals surface area contributed by atoms with E-state index >= 15 is 0 Å². The smallest absolute Gasteiger partial charge is 0.343 e. The first-order valence-corrected chi connectivity index (χ1v) is 8.98. The monoisotopic (exact) mass is 401 g/mol. The van der Waals surface area contributed by atoms with E-state index in [0.29, 0.717) is 11.1 Å². The Kier molecular flexibility index (Phi) is 5.90. The number of carbonyl (C=O) groups is 2. The number of nitrogens with zero attached hydrogens (tertiary/aromatic N) is 1. The van der Waals surface area contributed by atoms with E-state index in [0.717, 1.165) is 11.5 Å². The molecule has 144 valence electrons. The molecule has 0 fully saturated rings. The fourth-order valence-corrected chi connectivity index (χ4v) is 3.16. The second kappa shape index (κ2) is 8.35. The number of aryl methyl sites for hydroxylation is 1. The van der Waals surface area contributed by atoms with E-state index in [-0.39, 0.29) is 35.1 Å². The van der Waals surface area contributed by atoms with Gasteiger partial charge in [-0.1, -0.05) is 35.9 Å². The van der Waals surface area contributed by atoms with Crippen molar-refractivity contribution < 1.29 is 23.5 Å². The number of aromatic nitrogens is 1. The summed E-state index contributed by atoms with van der Waals surface area (Å²) in [6.45, 7) is 3.33. The van der Waals surface area contributed by atoms with Crippen LogP contribution in [0.2, 0.25) is 5.02 Å². The lowest BCUT2D eigenvalue weighted by Crippen LogP contribution is -2.15. The molecule has 0 amide bonds. The molecule has 1 aromatic heterocycles. The van der Waals surface area contributed by atoms with Crippen LogP contribution in [0.4, 0.5) is 4.39 Å².